The average molecular weight is 257 g/mol. The lowest BCUT2D eigenvalue weighted by Crippen LogP contribution is -2.02. The second-order valence-electron chi connectivity index (χ2n) is 3.65. The summed E-state index contributed by atoms with van der Waals surface area (Å²) < 4.78 is 0. The van der Waals surface area contributed by atoms with Gasteiger partial charge in [0, 0.05) is 11.6 Å². The maximum absolute atomic E-state index is 4.40. The van der Waals surface area contributed by atoms with Gasteiger partial charge in [0.1, 0.15) is 5.69 Å². The highest BCUT2D eigenvalue weighted by Gasteiger charge is 2.02. The Morgan fingerprint density at radius 2 is 2.11 bits per heavy atom. The van der Waals surface area contributed by atoms with Gasteiger partial charge in [0.2, 0.25) is 0 Å². The molecule has 1 N–H and O–H groups in total. The Morgan fingerprint density at radius 1 is 1.22 bits per heavy atom. The van der Waals surface area contributed by atoms with E-state index in [0.29, 0.717) is 6.54 Å². The Bertz CT molecular complexity index is 602. The summed E-state index contributed by atoms with van der Waals surface area (Å²) in [6.07, 6.45) is 3.53. The average Bonchev–Trinajstić information content (AvgIpc) is 3.09. The Kier molecular flexibility index (Phi) is 3.01. The fourth-order valence-corrected chi connectivity index (χ4v) is 2.07. The maximum Gasteiger partial charge on any atom is 0.182 e. The minimum atomic E-state index is 0.625. The van der Waals surface area contributed by atoms with Gasteiger partial charge in [-0.05, 0) is 12.1 Å². The fourth-order valence-electron chi connectivity index (χ4n) is 1.54. The van der Waals surface area contributed by atoms with Gasteiger partial charge in [0.05, 0.1) is 18.4 Å². The van der Waals surface area contributed by atoms with Crippen LogP contribution in [0.5, 0.6) is 0 Å². The maximum atomic E-state index is 4.40. The van der Waals surface area contributed by atoms with Crippen molar-refractivity contribution in [3.05, 3.63) is 53.8 Å². The zero-order valence-electron chi connectivity index (χ0n) is 9.52. The van der Waals surface area contributed by atoms with Gasteiger partial charge in [-0.3, -0.25) is 0 Å². The lowest BCUT2D eigenvalue weighted by Gasteiger charge is -1.99. The smallest absolute Gasteiger partial charge is 0.182 e. The van der Waals surface area contributed by atoms with E-state index in [1.165, 1.54) is 0 Å². The van der Waals surface area contributed by atoms with Crippen molar-refractivity contribution < 1.29 is 0 Å². The Hall–Kier alpha value is -2.21. The zero-order chi connectivity index (χ0) is 12.2. The molecular weight excluding hydrogens is 246 g/mol. The van der Waals surface area contributed by atoms with Gasteiger partial charge in [-0.25, -0.2) is 4.98 Å². The number of hydrogen-bond donors (Lipinski definition) is 1. The molecule has 0 unspecified atom stereocenters. The molecule has 0 aliphatic rings. The summed E-state index contributed by atoms with van der Waals surface area (Å²) >= 11 is 1.57. The molecule has 0 amide bonds. The monoisotopic (exact) mass is 257 g/mol. The third-order valence-electron chi connectivity index (χ3n) is 2.38. The number of para-hydroxylation sites is 1. The van der Waals surface area contributed by atoms with Crippen LogP contribution in [0.3, 0.4) is 0 Å². The molecule has 0 aliphatic carbocycles. The van der Waals surface area contributed by atoms with Crippen molar-refractivity contribution in [1.82, 2.24) is 20.0 Å². The first-order chi connectivity index (χ1) is 8.92. The highest BCUT2D eigenvalue weighted by molar-refractivity contribution is 7.13. The summed E-state index contributed by atoms with van der Waals surface area (Å²) in [5.74, 6) is 0. The van der Waals surface area contributed by atoms with E-state index in [9.17, 15) is 0 Å². The number of rotatable bonds is 4. The van der Waals surface area contributed by atoms with Crippen LogP contribution in [0.1, 0.15) is 5.69 Å². The third-order valence-corrected chi connectivity index (χ3v) is 3.11. The number of aromatic nitrogens is 4. The molecule has 6 heteroatoms. The predicted octanol–water partition coefficient (Wildman–Crippen LogP) is 2.34. The second kappa shape index (κ2) is 4.97. The molecule has 3 aromatic rings. The van der Waals surface area contributed by atoms with Gasteiger partial charge in [-0.15, -0.1) is 11.3 Å². The minimum Gasteiger partial charge on any atom is -0.356 e. The second-order valence-corrected chi connectivity index (χ2v) is 4.55. The molecule has 5 nitrogen and oxygen atoms in total. The molecule has 90 valence electrons. The molecule has 18 heavy (non-hydrogen) atoms. The molecule has 0 bridgehead atoms. The Labute approximate surface area is 108 Å². The van der Waals surface area contributed by atoms with Crippen molar-refractivity contribution in [1.29, 1.82) is 0 Å². The summed E-state index contributed by atoms with van der Waals surface area (Å²) in [7, 11) is 0. The van der Waals surface area contributed by atoms with E-state index in [-0.39, 0.29) is 0 Å². The van der Waals surface area contributed by atoms with Crippen LogP contribution in [-0.2, 0) is 6.54 Å². The molecule has 2 heterocycles. The molecule has 0 spiro atoms. The molecule has 0 radical (unpaired) electrons. The van der Waals surface area contributed by atoms with Gasteiger partial charge in [0.25, 0.3) is 0 Å². The highest BCUT2D eigenvalue weighted by Crippen LogP contribution is 2.11. The van der Waals surface area contributed by atoms with Crippen molar-refractivity contribution in [2.24, 2.45) is 0 Å². The van der Waals surface area contributed by atoms with E-state index < -0.39 is 0 Å². The van der Waals surface area contributed by atoms with Gasteiger partial charge < -0.3 is 5.32 Å². The van der Waals surface area contributed by atoms with Gasteiger partial charge in [0.15, 0.2) is 5.13 Å². The Balaban J connectivity index is 1.70. The van der Waals surface area contributed by atoms with Crippen LogP contribution in [0.2, 0.25) is 0 Å². The lowest BCUT2D eigenvalue weighted by molar-refractivity contribution is 0.740. The van der Waals surface area contributed by atoms with Crippen LogP contribution < -0.4 is 5.32 Å². The summed E-state index contributed by atoms with van der Waals surface area (Å²) in [6, 6.07) is 9.84. The third kappa shape index (κ3) is 2.38. The van der Waals surface area contributed by atoms with Crippen LogP contribution in [0.15, 0.2) is 48.1 Å². The van der Waals surface area contributed by atoms with Crippen LogP contribution >= 0.6 is 11.3 Å². The number of anilines is 1. The summed E-state index contributed by atoms with van der Waals surface area (Å²) in [4.78, 5) is 5.77. The largest absolute Gasteiger partial charge is 0.356 e. The van der Waals surface area contributed by atoms with Gasteiger partial charge in [-0.1, -0.05) is 18.2 Å². The molecule has 3 rings (SSSR count). The molecule has 0 saturated carbocycles. The first-order valence-electron chi connectivity index (χ1n) is 5.52. The van der Waals surface area contributed by atoms with E-state index in [0.717, 1.165) is 16.5 Å². The lowest BCUT2D eigenvalue weighted by atomic mass is 10.3. The molecule has 2 aromatic heterocycles. The van der Waals surface area contributed by atoms with Crippen LogP contribution in [0, 0.1) is 0 Å². The first kappa shape index (κ1) is 10.9. The molecule has 0 aliphatic heterocycles. The van der Waals surface area contributed by atoms with Crippen molar-refractivity contribution in [2.45, 2.75) is 6.54 Å². The quantitative estimate of drug-likeness (QED) is 0.779. The van der Waals surface area contributed by atoms with Crippen LogP contribution in [-0.4, -0.2) is 20.0 Å². The SMILES string of the molecule is c1ccc(-n2ncc(CNc3nccs3)n2)cc1. The molecule has 0 saturated heterocycles. The summed E-state index contributed by atoms with van der Waals surface area (Å²) in [5, 5.41) is 14.7. The first-order valence-corrected chi connectivity index (χ1v) is 6.40. The fraction of sp³-hybridized carbons (Fsp3) is 0.0833. The van der Waals surface area contributed by atoms with E-state index in [1.807, 2.05) is 35.7 Å². The molecule has 0 atom stereocenters. The van der Waals surface area contributed by atoms with Crippen LogP contribution in [0.25, 0.3) is 5.69 Å². The number of nitrogens with one attached hydrogen (secondary N) is 1. The van der Waals surface area contributed by atoms with Crippen LogP contribution in [0.4, 0.5) is 5.13 Å². The number of thiazole rings is 1. The van der Waals surface area contributed by atoms with Crippen molar-refractivity contribution in [3.8, 4) is 5.69 Å². The molecule has 0 fully saturated rings. The minimum absolute atomic E-state index is 0.625. The summed E-state index contributed by atoms with van der Waals surface area (Å²) in [6.45, 7) is 0.625. The van der Waals surface area contributed by atoms with Gasteiger partial charge in [-0.2, -0.15) is 15.0 Å². The van der Waals surface area contributed by atoms with E-state index in [2.05, 4.69) is 20.5 Å². The van der Waals surface area contributed by atoms with Crippen molar-refractivity contribution >= 4 is 16.5 Å². The highest BCUT2D eigenvalue weighted by atomic mass is 32.1. The number of nitrogens with zero attached hydrogens (tertiary/aromatic N) is 4. The molecule has 1 aromatic carbocycles. The zero-order valence-corrected chi connectivity index (χ0v) is 10.3. The van der Waals surface area contributed by atoms with Crippen molar-refractivity contribution in [3.63, 3.8) is 0 Å². The van der Waals surface area contributed by atoms with E-state index in [1.54, 1.807) is 28.5 Å². The topological polar surface area (TPSA) is 55.6 Å². The summed E-state index contributed by atoms with van der Waals surface area (Å²) in [5.41, 5.74) is 1.84. The van der Waals surface area contributed by atoms with E-state index >= 15 is 0 Å². The predicted molar refractivity (Wildman–Crippen MR) is 70.8 cm³/mol. The molecular formula is C12H11N5S. The van der Waals surface area contributed by atoms with Gasteiger partial charge >= 0.3 is 0 Å². The number of benzene rings is 1. The van der Waals surface area contributed by atoms with Crippen molar-refractivity contribution in [2.75, 3.05) is 5.32 Å². The van der Waals surface area contributed by atoms with E-state index in [4.69, 9.17) is 0 Å². The normalized spacial score (nSPS) is 10.4. The standard InChI is InChI=1S/C12H11N5S/c1-2-4-11(5-3-1)17-15-9-10(16-17)8-14-12-13-6-7-18-12/h1-7,9H,8H2,(H,13,14). The number of hydrogen-bond acceptors (Lipinski definition) is 5. The Morgan fingerprint density at radius 3 is 2.89 bits per heavy atom.